The number of morpholine rings is 1. The van der Waals surface area contributed by atoms with Crippen molar-refractivity contribution in [2.75, 3.05) is 36.0 Å². The monoisotopic (exact) mass is 365 g/mol. The maximum Gasteiger partial charge on any atom is 0.258 e. The van der Waals surface area contributed by atoms with Crippen LogP contribution in [-0.4, -0.2) is 43.2 Å². The summed E-state index contributed by atoms with van der Waals surface area (Å²) in [4.78, 5) is 21.9. The number of carbonyl (C=O) groups is 1. The molecule has 2 aliphatic rings. The van der Waals surface area contributed by atoms with Crippen LogP contribution in [0, 0.1) is 0 Å². The predicted molar refractivity (Wildman–Crippen MR) is 108 cm³/mol. The van der Waals surface area contributed by atoms with E-state index in [4.69, 9.17) is 4.74 Å². The summed E-state index contributed by atoms with van der Waals surface area (Å²) >= 11 is 0. The summed E-state index contributed by atoms with van der Waals surface area (Å²) in [6.45, 7) is 9.58. The van der Waals surface area contributed by atoms with Crippen LogP contribution < -0.4 is 9.80 Å². The molecule has 1 saturated heterocycles. The topological polar surface area (TPSA) is 45.7 Å². The van der Waals surface area contributed by atoms with Gasteiger partial charge in [0, 0.05) is 37.1 Å². The third kappa shape index (κ3) is 3.44. The molecular formula is C22H27N3O2. The molecule has 5 nitrogen and oxygen atoms in total. The molecule has 27 heavy (non-hydrogen) atoms. The fourth-order valence-electron chi connectivity index (χ4n) is 4.05. The average Bonchev–Trinajstić information content (AvgIpc) is 2.68. The Morgan fingerprint density at radius 1 is 1.22 bits per heavy atom. The number of ether oxygens (including phenoxy) is 1. The van der Waals surface area contributed by atoms with Crippen LogP contribution in [0.15, 0.2) is 42.6 Å². The first kappa shape index (κ1) is 18.0. The number of nitrogens with zero attached hydrogens (tertiary/aromatic N) is 3. The molecule has 1 aromatic carbocycles. The Kier molecular flexibility index (Phi) is 4.64. The van der Waals surface area contributed by atoms with Crippen LogP contribution in [0.4, 0.5) is 11.5 Å². The normalized spacial score (nSPS) is 21.7. The van der Waals surface area contributed by atoms with E-state index in [9.17, 15) is 4.79 Å². The second kappa shape index (κ2) is 6.97. The summed E-state index contributed by atoms with van der Waals surface area (Å²) in [7, 11) is 0. The van der Waals surface area contributed by atoms with Crippen LogP contribution in [0.5, 0.6) is 0 Å². The van der Waals surface area contributed by atoms with Gasteiger partial charge in [-0.1, -0.05) is 32.0 Å². The minimum Gasteiger partial charge on any atom is -0.375 e. The highest BCUT2D eigenvalue weighted by atomic mass is 16.5. The lowest BCUT2D eigenvalue weighted by Gasteiger charge is -2.39. The lowest BCUT2D eigenvalue weighted by Crippen LogP contribution is -2.42. The number of amides is 1. The average molecular weight is 365 g/mol. The van der Waals surface area contributed by atoms with Crippen molar-refractivity contribution >= 4 is 17.4 Å². The first-order valence-electron chi connectivity index (χ1n) is 9.70. The molecule has 4 rings (SSSR count). The van der Waals surface area contributed by atoms with Crippen molar-refractivity contribution in [2.24, 2.45) is 0 Å². The number of para-hydroxylation sites is 1. The Balaban J connectivity index is 1.63. The predicted octanol–water partition coefficient (Wildman–Crippen LogP) is 3.63. The molecule has 0 spiro atoms. The molecule has 1 atom stereocenters. The zero-order valence-corrected chi connectivity index (χ0v) is 16.3. The SMILES string of the molecule is C[C@H]1CN(c2cc(C(=O)N3CCC(C)(C)c4ccccc43)ccn2)CCO1. The zero-order valence-electron chi connectivity index (χ0n) is 16.3. The van der Waals surface area contributed by atoms with E-state index < -0.39 is 0 Å². The first-order chi connectivity index (χ1) is 13.0. The lowest BCUT2D eigenvalue weighted by molar-refractivity contribution is 0.0529. The number of rotatable bonds is 2. The molecule has 1 amide bonds. The molecule has 0 saturated carbocycles. The Bertz CT molecular complexity index is 849. The number of anilines is 2. The second-order valence-corrected chi connectivity index (χ2v) is 8.14. The van der Waals surface area contributed by atoms with Crippen molar-refractivity contribution in [2.45, 2.75) is 38.7 Å². The number of fused-ring (bicyclic) bond motifs is 1. The Morgan fingerprint density at radius 3 is 2.85 bits per heavy atom. The number of hydrogen-bond donors (Lipinski definition) is 0. The molecular weight excluding hydrogens is 338 g/mol. The van der Waals surface area contributed by atoms with Crippen molar-refractivity contribution in [3.8, 4) is 0 Å². The number of pyridine rings is 1. The van der Waals surface area contributed by atoms with Gasteiger partial charge in [0.25, 0.3) is 5.91 Å². The molecule has 2 aromatic rings. The van der Waals surface area contributed by atoms with Gasteiger partial charge in [-0.15, -0.1) is 0 Å². The Labute approximate surface area is 161 Å². The number of benzene rings is 1. The summed E-state index contributed by atoms with van der Waals surface area (Å²) in [5.74, 6) is 0.893. The maximum absolute atomic E-state index is 13.3. The zero-order chi connectivity index (χ0) is 19.0. The molecule has 2 aliphatic heterocycles. The van der Waals surface area contributed by atoms with Crippen molar-refractivity contribution in [1.82, 2.24) is 4.98 Å². The number of carbonyl (C=O) groups excluding carboxylic acids is 1. The summed E-state index contributed by atoms with van der Waals surface area (Å²) < 4.78 is 5.62. The molecule has 1 fully saturated rings. The molecule has 0 aliphatic carbocycles. The summed E-state index contributed by atoms with van der Waals surface area (Å²) in [5, 5.41) is 0. The fourth-order valence-corrected chi connectivity index (χ4v) is 4.05. The maximum atomic E-state index is 13.3. The molecule has 0 N–H and O–H groups in total. The third-order valence-corrected chi connectivity index (χ3v) is 5.69. The first-order valence-corrected chi connectivity index (χ1v) is 9.70. The van der Waals surface area contributed by atoms with Crippen molar-refractivity contribution in [3.63, 3.8) is 0 Å². The molecule has 1 aromatic heterocycles. The van der Waals surface area contributed by atoms with Gasteiger partial charge in [-0.3, -0.25) is 4.79 Å². The van der Waals surface area contributed by atoms with Crippen LogP contribution in [0.3, 0.4) is 0 Å². The van der Waals surface area contributed by atoms with E-state index in [0.717, 1.165) is 37.6 Å². The Hall–Kier alpha value is -2.40. The standard InChI is InChI=1S/C22H27N3O2/c1-16-15-24(12-13-27-16)20-14-17(8-10-23-20)21(26)25-11-9-22(2,3)18-6-4-5-7-19(18)25/h4-8,10,14,16H,9,11-13,15H2,1-3H3/t16-/m0/s1. The van der Waals surface area contributed by atoms with Gasteiger partial charge in [-0.25, -0.2) is 4.98 Å². The number of aromatic nitrogens is 1. The smallest absolute Gasteiger partial charge is 0.258 e. The van der Waals surface area contributed by atoms with E-state index in [-0.39, 0.29) is 17.4 Å². The minimum absolute atomic E-state index is 0.0444. The van der Waals surface area contributed by atoms with E-state index in [1.807, 2.05) is 23.1 Å². The van der Waals surface area contributed by atoms with Gasteiger partial charge >= 0.3 is 0 Å². The quantitative estimate of drug-likeness (QED) is 0.815. The third-order valence-electron chi connectivity index (χ3n) is 5.69. The fraction of sp³-hybridized carbons (Fsp3) is 0.455. The molecule has 5 heteroatoms. The van der Waals surface area contributed by atoms with E-state index >= 15 is 0 Å². The summed E-state index contributed by atoms with van der Waals surface area (Å²) in [6, 6.07) is 12.0. The van der Waals surface area contributed by atoms with E-state index in [2.05, 4.69) is 48.9 Å². The molecule has 0 bridgehead atoms. The van der Waals surface area contributed by atoms with Gasteiger partial charge in [0.15, 0.2) is 0 Å². The molecule has 3 heterocycles. The van der Waals surface area contributed by atoms with Gasteiger partial charge in [-0.05, 0) is 42.5 Å². The van der Waals surface area contributed by atoms with E-state index in [1.54, 1.807) is 6.20 Å². The van der Waals surface area contributed by atoms with Crippen molar-refractivity contribution in [1.29, 1.82) is 0 Å². The largest absolute Gasteiger partial charge is 0.375 e. The van der Waals surface area contributed by atoms with Crippen LogP contribution in [0.2, 0.25) is 0 Å². The van der Waals surface area contributed by atoms with Crippen LogP contribution in [0.25, 0.3) is 0 Å². The minimum atomic E-state index is 0.0444. The number of hydrogen-bond acceptors (Lipinski definition) is 4. The summed E-state index contributed by atoms with van der Waals surface area (Å²) in [6.07, 6.45) is 2.87. The van der Waals surface area contributed by atoms with Gasteiger partial charge < -0.3 is 14.5 Å². The van der Waals surface area contributed by atoms with E-state index in [1.165, 1.54) is 5.56 Å². The van der Waals surface area contributed by atoms with Gasteiger partial charge in [-0.2, -0.15) is 0 Å². The van der Waals surface area contributed by atoms with Gasteiger partial charge in [0.1, 0.15) is 5.82 Å². The van der Waals surface area contributed by atoms with Gasteiger partial charge in [0.2, 0.25) is 0 Å². The highest BCUT2D eigenvalue weighted by Gasteiger charge is 2.33. The van der Waals surface area contributed by atoms with Crippen LogP contribution >= 0.6 is 0 Å². The molecule has 0 radical (unpaired) electrons. The molecule has 0 unspecified atom stereocenters. The van der Waals surface area contributed by atoms with Crippen LogP contribution in [0.1, 0.15) is 43.1 Å². The van der Waals surface area contributed by atoms with E-state index in [0.29, 0.717) is 12.2 Å². The highest BCUT2D eigenvalue weighted by Crippen LogP contribution is 2.39. The molecule has 142 valence electrons. The summed E-state index contributed by atoms with van der Waals surface area (Å²) in [5.41, 5.74) is 3.03. The van der Waals surface area contributed by atoms with Crippen LogP contribution in [-0.2, 0) is 10.2 Å². The highest BCUT2D eigenvalue weighted by molar-refractivity contribution is 6.07. The Morgan fingerprint density at radius 2 is 2.04 bits per heavy atom. The second-order valence-electron chi connectivity index (χ2n) is 8.14. The van der Waals surface area contributed by atoms with Crippen molar-refractivity contribution in [3.05, 3.63) is 53.7 Å². The lowest BCUT2D eigenvalue weighted by atomic mass is 9.77. The van der Waals surface area contributed by atoms with Gasteiger partial charge in [0.05, 0.1) is 12.7 Å². The van der Waals surface area contributed by atoms with Crippen molar-refractivity contribution < 1.29 is 9.53 Å².